The lowest BCUT2D eigenvalue weighted by atomic mass is 10.0. The molecule has 0 spiro atoms. The third-order valence-electron chi connectivity index (χ3n) is 6.79. The standard InChI is InChI=1S/C29H38O14/c1-13(23(34)25(36)19(32)11-39-3)41-17-9-18(31)22-21(10-17)43-28(15-5-7-16(30)8-6-15)29(27(22)38)42-14(2)24(35)26(37)20(33)12-40-4/h5-10,13-14,19-20,23-26,30-37H,11-12H2,1-4H3/t13-,14-,19+,20+,23-,24-,25+,26+/m0/s1. The number of hydrogen-bond acceptors (Lipinski definition) is 14. The van der Waals surface area contributed by atoms with E-state index in [1.54, 1.807) is 0 Å². The van der Waals surface area contributed by atoms with Crippen LogP contribution in [0.4, 0.5) is 0 Å². The summed E-state index contributed by atoms with van der Waals surface area (Å²) in [7, 11) is 2.62. The minimum Gasteiger partial charge on any atom is -0.508 e. The van der Waals surface area contributed by atoms with Gasteiger partial charge in [-0.3, -0.25) is 4.79 Å². The number of ether oxygens (including phenoxy) is 4. The van der Waals surface area contributed by atoms with E-state index in [1.807, 2.05) is 0 Å². The Bertz CT molecular complexity index is 1390. The Balaban J connectivity index is 2.05. The lowest BCUT2D eigenvalue weighted by Gasteiger charge is -2.28. The van der Waals surface area contributed by atoms with Gasteiger partial charge in [-0.05, 0) is 38.1 Å². The van der Waals surface area contributed by atoms with E-state index in [4.69, 9.17) is 23.4 Å². The number of hydrogen-bond donors (Lipinski definition) is 8. The summed E-state index contributed by atoms with van der Waals surface area (Å²) in [5, 5.41) is 81.7. The Morgan fingerprint density at radius 2 is 1.26 bits per heavy atom. The van der Waals surface area contributed by atoms with E-state index < -0.39 is 65.8 Å². The van der Waals surface area contributed by atoms with Crippen molar-refractivity contribution in [3.63, 3.8) is 0 Å². The Labute approximate surface area is 246 Å². The molecule has 2 aromatic carbocycles. The molecule has 3 rings (SSSR count). The molecule has 14 nitrogen and oxygen atoms in total. The molecule has 8 atom stereocenters. The lowest BCUT2D eigenvalue weighted by Crippen LogP contribution is -2.47. The van der Waals surface area contributed by atoms with E-state index >= 15 is 0 Å². The molecule has 0 bridgehead atoms. The summed E-state index contributed by atoms with van der Waals surface area (Å²) >= 11 is 0. The maximum Gasteiger partial charge on any atom is 0.239 e. The second kappa shape index (κ2) is 14.8. The molecule has 0 saturated heterocycles. The third-order valence-corrected chi connectivity index (χ3v) is 6.79. The molecule has 0 fully saturated rings. The van der Waals surface area contributed by atoms with Gasteiger partial charge in [0.15, 0.2) is 5.76 Å². The number of aliphatic hydroxyl groups is 6. The second-order valence-electron chi connectivity index (χ2n) is 10.1. The van der Waals surface area contributed by atoms with Crippen LogP contribution in [-0.4, -0.2) is 117 Å². The summed E-state index contributed by atoms with van der Waals surface area (Å²) in [6.07, 6.45) is -11.8. The van der Waals surface area contributed by atoms with Crippen molar-refractivity contribution in [1.29, 1.82) is 0 Å². The fourth-order valence-corrected chi connectivity index (χ4v) is 4.32. The van der Waals surface area contributed by atoms with Crippen molar-refractivity contribution in [1.82, 2.24) is 0 Å². The van der Waals surface area contributed by atoms with E-state index in [2.05, 4.69) is 0 Å². The van der Waals surface area contributed by atoms with Crippen LogP contribution in [0.3, 0.4) is 0 Å². The highest BCUT2D eigenvalue weighted by Gasteiger charge is 2.33. The molecule has 0 unspecified atom stereocenters. The summed E-state index contributed by atoms with van der Waals surface area (Å²) in [5.74, 6) is -1.33. The minimum atomic E-state index is -1.70. The number of rotatable bonds is 15. The van der Waals surface area contributed by atoms with Gasteiger partial charge in [-0.2, -0.15) is 0 Å². The molecule has 0 aliphatic rings. The lowest BCUT2D eigenvalue weighted by molar-refractivity contribution is -0.109. The quantitative estimate of drug-likeness (QED) is 0.112. The van der Waals surface area contributed by atoms with Gasteiger partial charge in [0.1, 0.15) is 77.0 Å². The predicted octanol–water partition coefficient (Wildman–Crippen LogP) is -0.136. The monoisotopic (exact) mass is 610 g/mol. The third kappa shape index (κ3) is 7.93. The van der Waals surface area contributed by atoms with E-state index in [-0.39, 0.29) is 47.0 Å². The zero-order valence-corrected chi connectivity index (χ0v) is 24.0. The SMILES string of the molecule is COC[C@@H](O)[C@@H](O)[C@@H](O)[C@H](C)Oc1cc(O)c2c(=O)c(O[C@@H](C)[C@H](O)[C@H](O)[C@H](O)COC)c(-c3ccc(O)cc3)oc2c1. The molecule has 238 valence electrons. The summed E-state index contributed by atoms with van der Waals surface area (Å²) < 4.78 is 27.0. The molecule has 14 heteroatoms. The maximum absolute atomic E-state index is 13.7. The summed E-state index contributed by atoms with van der Waals surface area (Å²) in [6, 6.07) is 7.85. The van der Waals surface area contributed by atoms with Crippen molar-refractivity contribution in [2.24, 2.45) is 0 Å². The molecule has 43 heavy (non-hydrogen) atoms. The maximum atomic E-state index is 13.7. The smallest absolute Gasteiger partial charge is 0.239 e. The Hall–Kier alpha value is -3.47. The van der Waals surface area contributed by atoms with Gasteiger partial charge in [-0.1, -0.05) is 0 Å². The van der Waals surface area contributed by atoms with Crippen molar-refractivity contribution in [2.75, 3.05) is 27.4 Å². The zero-order chi connectivity index (χ0) is 32.0. The molecule has 0 aliphatic carbocycles. The number of phenolic OH excluding ortho intramolecular Hbond substituents is 2. The number of methoxy groups -OCH3 is 2. The number of aromatic hydroxyl groups is 2. The van der Waals surface area contributed by atoms with Crippen molar-refractivity contribution in [3.05, 3.63) is 46.6 Å². The van der Waals surface area contributed by atoms with Gasteiger partial charge >= 0.3 is 0 Å². The Morgan fingerprint density at radius 3 is 1.77 bits per heavy atom. The summed E-state index contributed by atoms with van der Waals surface area (Å²) in [4.78, 5) is 13.7. The van der Waals surface area contributed by atoms with Crippen LogP contribution in [0.5, 0.6) is 23.0 Å². The predicted molar refractivity (Wildman–Crippen MR) is 151 cm³/mol. The van der Waals surface area contributed by atoms with E-state index in [0.29, 0.717) is 0 Å². The van der Waals surface area contributed by atoms with Crippen LogP contribution >= 0.6 is 0 Å². The van der Waals surface area contributed by atoms with Crippen LogP contribution in [-0.2, 0) is 9.47 Å². The van der Waals surface area contributed by atoms with E-state index in [0.717, 1.165) is 6.07 Å². The van der Waals surface area contributed by atoms with Crippen LogP contribution in [0.15, 0.2) is 45.6 Å². The first-order chi connectivity index (χ1) is 20.3. The topological polar surface area (TPSA) is 229 Å². The number of fused-ring (bicyclic) bond motifs is 1. The van der Waals surface area contributed by atoms with Gasteiger partial charge in [0.05, 0.1) is 13.2 Å². The first kappa shape index (κ1) is 34.0. The number of benzene rings is 2. The van der Waals surface area contributed by atoms with Gasteiger partial charge in [0.25, 0.3) is 0 Å². The average molecular weight is 611 g/mol. The fourth-order valence-electron chi connectivity index (χ4n) is 4.32. The van der Waals surface area contributed by atoms with Crippen molar-refractivity contribution in [2.45, 2.75) is 62.7 Å². The Morgan fingerprint density at radius 1 is 0.744 bits per heavy atom. The van der Waals surface area contributed by atoms with Crippen molar-refractivity contribution in [3.8, 4) is 34.3 Å². The fraction of sp³-hybridized carbons (Fsp3) is 0.483. The summed E-state index contributed by atoms with van der Waals surface area (Å²) in [6.45, 7) is 2.25. The molecule has 0 amide bonds. The highest BCUT2D eigenvalue weighted by Crippen LogP contribution is 2.37. The second-order valence-corrected chi connectivity index (χ2v) is 10.1. The molecule has 1 aromatic heterocycles. The van der Waals surface area contributed by atoms with Crippen LogP contribution in [0.1, 0.15) is 13.8 Å². The van der Waals surface area contributed by atoms with Gasteiger partial charge in [-0.25, -0.2) is 0 Å². The molecule has 0 radical (unpaired) electrons. The average Bonchev–Trinajstić information content (AvgIpc) is 2.97. The van der Waals surface area contributed by atoms with Crippen LogP contribution < -0.4 is 14.9 Å². The largest absolute Gasteiger partial charge is 0.508 e. The van der Waals surface area contributed by atoms with Crippen LogP contribution in [0.25, 0.3) is 22.3 Å². The highest BCUT2D eigenvalue weighted by atomic mass is 16.5. The molecule has 8 N–H and O–H groups in total. The van der Waals surface area contributed by atoms with Gasteiger partial charge < -0.3 is 64.2 Å². The molecule has 0 aliphatic heterocycles. The van der Waals surface area contributed by atoms with E-state index in [1.165, 1.54) is 58.4 Å². The van der Waals surface area contributed by atoms with E-state index in [9.17, 15) is 45.6 Å². The number of aliphatic hydroxyl groups excluding tert-OH is 6. The molecule has 0 saturated carbocycles. The van der Waals surface area contributed by atoms with Gasteiger partial charge in [0, 0.05) is 31.9 Å². The minimum absolute atomic E-state index is 0.0579. The summed E-state index contributed by atoms with van der Waals surface area (Å²) in [5.41, 5.74) is -0.760. The molecular weight excluding hydrogens is 572 g/mol. The first-order valence-electron chi connectivity index (χ1n) is 13.3. The van der Waals surface area contributed by atoms with Gasteiger partial charge in [-0.15, -0.1) is 0 Å². The Kier molecular flexibility index (Phi) is 11.7. The van der Waals surface area contributed by atoms with Crippen LogP contribution in [0.2, 0.25) is 0 Å². The van der Waals surface area contributed by atoms with Crippen molar-refractivity contribution < 1.29 is 64.2 Å². The zero-order valence-electron chi connectivity index (χ0n) is 24.0. The highest BCUT2D eigenvalue weighted by molar-refractivity contribution is 5.88. The first-order valence-corrected chi connectivity index (χ1v) is 13.3. The normalized spacial score (nSPS) is 17.4. The van der Waals surface area contributed by atoms with Crippen molar-refractivity contribution >= 4 is 11.0 Å². The van der Waals surface area contributed by atoms with Gasteiger partial charge in [0.2, 0.25) is 11.2 Å². The van der Waals surface area contributed by atoms with Crippen LogP contribution in [0, 0.1) is 0 Å². The molecule has 3 aromatic rings. The molecular formula is C29H38O14. The number of phenols is 2. The molecule has 1 heterocycles.